The van der Waals surface area contributed by atoms with Crippen molar-refractivity contribution in [1.29, 1.82) is 0 Å². The molecule has 2 N–H and O–H groups in total. The van der Waals surface area contributed by atoms with Gasteiger partial charge < -0.3 is 24.8 Å². The van der Waals surface area contributed by atoms with E-state index in [1.54, 1.807) is 7.11 Å². The molecule has 2 aliphatic rings. The summed E-state index contributed by atoms with van der Waals surface area (Å²) < 4.78 is 17.0. The predicted octanol–water partition coefficient (Wildman–Crippen LogP) is 3.18. The first-order valence-electron chi connectivity index (χ1n) is 11.0. The van der Waals surface area contributed by atoms with Crippen LogP contribution in [0.15, 0.2) is 42.5 Å². The molecule has 0 aromatic heterocycles. The first-order chi connectivity index (χ1) is 15.2. The zero-order chi connectivity index (χ0) is 21.5. The zero-order valence-corrected chi connectivity index (χ0v) is 18.1. The number of fused-ring (bicyclic) bond motifs is 3. The second-order valence-electron chi connectivity index (χ2n) is 8.01. The van der Waals surface area contributed by atoms with Crippen molar-refractivity contribution < 1.29 is 19.0 Å². The summed E-state index contributed by atoms with van der Waals surface area (Å²) in [6.07, 6.45) is 1.95. The summed E-state index contributed by atoms with van der Waals surface area (Å²) in [6, 6.07) is 14.0. The van der Waals surface area contributed by atoms with Crippen LogP contribution in [0.2, 0.25) is 0 Å². The van der Waals surface area contributed by atoms with E-state index < -0.39 is 0 Å². The summed E-state index contributed by atoms with van der Waals surface area (Å²) in [5.41, 5.74) is 3.05. The van der Waals surface area contributed by atoms with E-state index in [1.807, 2.05) is 36.4 Å². The lowest BCUT2D eigenvalue weighted by molar-refractivity contribution is -0.127. The predicted molar refractivity (Wildman–Crippen MR) is 120 cm³/mol. The molecule has 2 unspecified atom stereocenters. The fraction of sp³-hybridized carbons (Fsp3) is 0.458. The van der Waals surface area contributed by atoms with Crippen molar-refractivity contribution >= 4 is 17.3 Å². The molecule has 0 spiro atoms. The van der Waals surface area contributed by atoms with Gasteiger partial charge >= 0.3 is 0 Å². The SMILES string of the molecule is COc1cccc(Nc2ccc3c(c2)CN2CCCC(C2)C(=O)NCCOCCO3)c1. The maximum Gasteiger partial charge on any atom is 0.224 e. The number of ether oxygens (including phenoxy) is 3. The summed E-state index contributed by atoms with van der Waals surface area (Å²) in [7, 11) is 1.66. The monoisotopic (exact) mass is 425 g/mol. The molecule has 2 bridgehead atoms. The van der Waals surface area contributed by atoms with Gasteiger partial charge in [0.15, 0.2) is 0 Å². The largest absolute Gasteiger partial charge is 0.497 e. The molecule has 31 heavy (non-hydrogen) atoms. The number of hydrogen-bond acceptors (Lipinski definition) is 6. The van der Waals surface area contributed by atoms with Crippen molar-refractivity contribution in [3.63, 3.8) is 0 Å². The van der Waals surface area contributed by atoms with Crippen molar-refractivity contribution in [3.05, 3.63) is 48.0 Å². The van der Waals surface area contributed by atoms with E-state index in [0.29, 0.717) is 26.4 Å². The number of amides is 1. The Morgan fingerprint density at radius 1 is 1.13 bits per heavy atom. The minimum absolute atomic E-state index is 0.0270. The highest BCUT2D eigenvalue weighted by molar-refractivity contribution is 5.79. The van der Waals surface area contributed by atoms with E-state index in [-0.39, 0.29) is 11.8 Å². The first-order valence-corrected chi connectivity index (χ1v) is 11.0. The van der Waals surface area contributed by atoms with Gasteiger partial charge in [-0.1, -0.05) is 6.07 Å². The molecule has 7 heteroatoms. The molecule has 0 radical (unpaired) electrons. The molecule has 1 saturated heterocycles. The van der Waals surface area contributed by atoms with E-state index in [4.69, 9.17) is 14.2 Å². The Bertz CT molecular complexity index is 889. The van der Waals surface area contributed by atoms with Crippen molar-refractivity contribution in [2.45, 2.75) is 19.4 Å². The van der Waals surface area contributed by atoms with Crippen molar-refractivity contribution in [1.82, 2.24) is 10.2 Å². The average Bonchev–Trinajstić information content (AvgIpc) is 2.79. The van der Waals surface area contributed by atoms with Crippen LogP contribution in [0.1, 0.15) is 18.4 Å². The van der Waals surface area contributed by atoms with Gasteiger partial charge in [-0.25, -0.2) is 0 Å². The fourth-order valence-corrected chi connectivity index (χ4v) is 4.15. The van der Waals surface area contributed by atoms with E-state index in [0.717, 1.165) is 60.9 Å². The number of methoxy groups -OCH3 is 1. The van der Waals surface area contributed by atoms with E-state index in [9.17, 15) is 4.79 Å². The van der Waals surface area contributed by atoms with Crippen molar-refractivity contribution in [3.8, 4) is 11.5 Å². The van der Waals surface area contributed by atoms with Crippen LogP contribution >= 0.6 is 0 Å². The molecular formula is C24H31N3O4. The van der Waals surface area contributed by atoms with Crippen molar-refractivity contribution in [2.24, 2.45) is 5.92 Å². The highest BCUT2D eigenvalue weighted by Gasteiger charge is 2.26. The van der Waals surface area contributed by atoms with Crippen LogP contribution in [-0.2, 0) is 16.1 Å². The third-order valence-electron chi connectivity index (χ3n) is 5.72. The van der Waals surface area contributed by atoms with Crippen LogP contribution in [0.4, 0.5) is 11.4 Å². The molecule has 2 aliphatic heterocycles. The van der Waals surface area contributed by atoms with Gasteiger partial charge in [0, 0.05) is 42.6 Å². The number of anilines is 2. The number of carbonyl (C=O) groups is 1. The minimum atomic E-state index is 0.0270. The molecule has 2 aromatic carbocycles. The highest BCUT2D eigenvalue weighted by Crippen LogP contribution is 2.29. The van der Waals surface area contributed by atoms with Gasteiger partial charge in [-0.05, 0) is 49.7 Å². The van der Waals surface area contributed by atoms with Gasteiger partial charge in [0.25, 0.3) is 0 Å². The zero-order valence-electron chi connectivity index (χ0n) is 18.1. The molecule has 1 amide bonds. The maximum absolute atomic E-state index is 12.5. The van der Waals surface area contributed by atoms with E-state index >= 15 is 0 Å². The van der Waals surface area contributed by atoms with Crippen LogP contribution in [-0.4, -0.2) is 57.4 Å². The molecule has 2 atom stereocenters. The lowest BCUT2D eigenvalue weighted by Gasteiger charge is -2.32. The fourth-order valence-electron chi connectivity index (χ4n) is 4.15. The lowest BCUT2D eigenvalue weighted by atomic mass is 9.96. The maximum atomic E-state index is 12.5. The summed E-state index contributed by atoms with van der Waals surface area (Å²) in [5.74, 6) is 1.84. The number of carbonyl (C=O) groups excluding carboxylic acids is 1. The molecular weight excluding hydrogens is 394 g/mol. The third-order valence-corrected chi connectivity index (χ3v) is 5.72. The molecule has 0 saturated carbocycles. The van der Waals surface area contributed by atoms with Crippen LogP contribution in [0.3, 0.4) is 0 Å². The molecule has 2 aromatic rings. The average molecular weight is 426 g/mol. The number of benzene rings is 2. The number of piperidine rings is 1. The molecule has 166 valence electrons. The Hall–Kier alpha value is -2.77. The third kappa shape index (κ3) is 5.89. The number of rotatable bonds is 3. The Balaban J connectivity index is 1.55. The molecule has 0 aliphatic carbocycles. The Labute approximate surface area is 183 Å². The molecule has 2 heterocycles. The normalized spacial score (nSPS) is 22.3. The summed E-state index contributed by atoms with van der Waals surface area (Å²) in [6.45, 7) is 4.51. The number of nitrogens with one attached hydrogen (secondary N) is 2. The summed E-state index contributed by atoms with van der Waals surface area (Å²) in [5, 5.41) is 6.46. The molecule has 4 rings (SSSR count). The quantitative estimate of drug-likeness (QED) is 0.787. The van der Waals surface area contributed by atoms with Gasteiger partial charge in [0.1, 0.15) is 18.1 Å². The first kappa shape index (κ1) is 21.5. The van der Waals surface area contributed by atoms with Gasteiger partial charge in [-0.3, -0.25) is 9.69 Å². The van der Waals surface area contributed by atoms with Gasteiger partial charge in [0.2, 0.25) is 5.91 Å². The minimum Gasteiger partial charge on any atom is -0.497 e. The van der Waals surface area contributed by atoms with Gasteiger partial charge in [-0.2, -0.15) is 0 Å². The second kappa shape index (κ2) is 10.5. The second-order valence-corrected chi connectivity index (χ2v) is 8.01. The number of nitrogens with zero attached hydrogens (tertiary/aromatic N) is 1. The van der Waals surface area contributed by atoms with Crippen LogP contribution in [0.5, 0.6) is 11.5 Å². The van der Waals surface area contributed by atoms with Crippen LogP contribution in [0, 0.1) is 5.92 Å². The van der Waals surface area contributed by atoms with Crippen LogP contribution < -0.4 is 20.1 Å². The van der Waals surface area contributed by atoms with Gasteiger partial charge in [-0.15, -0.1) is 0 Å². The Morgan fingerprint density at radius 2 is 2.03 bits per heavy atom. The lowest BCUT2D eigenvalue weighted by Crippen LogP contribution is -2.43. The Kier molecular flexibility index (Phi) is 7.27. The molecule has 7 nitrogen and oxygen atoms in total. The smallest absolute Gasteiger partial charge is 0.224 e. The molecule has 1 fully saturated rings. The van der Waals surface area contributed by atoms with E-state index in [1.165, 1.54) is 0 Å². The van der Waals surface area contributed by atoms with Crippen LogP contribution in [0.25, 0.3) is 0 Å². The number of hydrogen-bond donors (Lipinski definition) is 2. The highest BCUT2D eigenvalue weighted by atomic mass is 16.5. The van der Waals surface area contributed by atoms with E-state index in [2.05, 4.69) is 21.6 Å². The van der Waals surface area contributed by atoms with Crippen molar-refractivity contribution in [2.75, 3.05) is 51.9 Å². The standard InChI is InChI=1S/C24H31N3O4/c1-29-22-6-2-5-20(15-22)26-21-7-8-23-19(14-21)17-27-10-3-4-18(16-27)24(28)25-9-11-30-12-13-31-23/h2,5-8,14-15,18,26H,3-4,9-13,16-17H2,1H3,(H,25,28). The summed E-state index contributed by atoms with van der Waals surface area (Å²) >= 11 is 0. The van der Waals surface area contributed by atoms with Gasteiger partial charge in [0.05, 0.1) is 26.2 Å². The Morgan fingerprint density at radius 3 is 2.94 bits per heavy atom. The topological polar surface area (TPSA) is 72.1 Å². The summed E-state index contributed by atoms with van der Waals surface area (Å²) in [4.78, 5) is 14.9.